The molecule has 2 amide bonds. The summed E-state index contributed by atoms with van der Waals surface area (Å²) in [4.78, 5) is 23.6. The minimum Gasteiger partial charge on any atom is -0.497 e. The standard InChI is InChI=1S/C21H24N2O3/c1-14(24)22-13-15-3-5-18(6-4-15)21(25)23-20(16-7-8-16)17-9-11-19(26-2)12-10-17/h3-6,9-12,16,20H,7-8,13H2,1-2H3,(H,22,24)(H,23,25). The van der Waals surface area contributed by atoms with E-state index in [9.17, 15) is 9.59 Å². The summed E-state index contributed by atoms with van der Waals surface area (Å²) in [5.41, 5.74) is 2.69. The fraction of sp³-hybridized carbons (Fsp3) is 0.333. The Hall–Kier alpha value is -2.82. The third kappa shape index (κ3) is 4.63. The molecule has 0 aliphatic heterocycles. The number of amides is 2. The molecule has 0 saturated heterocycles. The maximum absolute atomic E-state index is 12.7. The van der Waals surface area contributed by atoms with Crippen molar-refractivity contribution in [2.75, 3.05) is 7.11 Å². The second-order valence-corrected chi connectivity index (χ2v) is 6.67. The van der Waals surface area contributed by atoms with Gasteiger partial charge in [-0.25, -0.2) is 0 Å². The molecule has 26 heavy (non-hydrogen) atoms. The largest absolute Gasteiger partial charge is 0.497 e. The van der Waals surface area contributed by atoms with E-state index in [4.69, 9.17) is 4.74 Å². The van der Waals surface area contributed by atoms with E-state index in [-0.39, 0.29) is 17.9 Å². The molecule has 1 atom stereocenters. The second-order valence-electron chi connectivity index (χ2n) is 6.67. The molecule has 2 N–H and O–H groups in total. The molecule has 0 heterocycles. The topological polar surface area (TPSA) is 67.4 Å². The van der Waals surface area contributed by atoms with Gasteiger partial charge in [-0.3, -0.25) is 9.59 Å². The van der Waals surface area contributed by atoms with Gasteiger partial charge in [0, 0.05) is 19.0 Å². The van der Waals surface area contributed by atoms with Crippen LogP contribution in [0.25, 0.3) is 0 Å². The van der Waals surface area contributed by atoms with Gasteiger partial charge in [-0.1, -0.05) is 24.3 Å². The Morgan fingerprint density at radius 1 is 1.08 bits per heavy atom. The van der Waals surface area contributed by atoms with E-state index in [1.54, 1.807) is 19.2 Å². The van der Waals surface area contributed by atoms with Gasteiger partial charge in [0.25, 0.3) is 5.91 Å². The predicted molar refractivity (Wildman–Crippen MR) is 99.9 cm³/mol. The molecular formula is C21H24N2O3. The van der Waals surface area contributed by atoms with E-state index in [0.29, 0.717) is 18.0 Å². The lowest BCUT2D eigenvalue weighted by molar-refractivity contribution is -0.119. The SMILES string of the molecule is COc1ccc(C(NC(=O)c2ccc(CNC(C)=O)cc2)C2CC2)cc1. The van der Waals surface area contributed by atoms with Gasteiger partial charge in [0.2, 0.25) is 5.91 Å². The zero-order chi connectivity index (χ0) is 18.5. The summed E-state index contributed by atoms with van der Waals surface area (Å²) in [6.45, 7) is 1.95. The number of ether oxygens (including phenoxy) is 1. The van der Waals surface area contributed by atoms with Gasteiger partial charge in [0.15, 0.2) is 0 Å². The van der Waals surface area contributed by atoms with Crippen molar-refractivity contribution in [3.05, 3.63) is 65.2 Å². The van der Waals surface area contributed by atoms with Crippen LogP contribution in [0.4, 0.5) is 0 Å². The van der Waals surface area contributed by atoms with Gasteiger partial charge in [0.05, 0.1) is 13.2 Å². The first kappa shape index (κ1) is 18.0. The molecule has 3 rings (SSSR count). The van der Waals surface area contributed by atoms with Crippen LogP contribution in [0.5, 0.6) is 5.75 Å². The van der Waals surface area contributed by atoms with Crippen LogP contribution >= 0.6 is 0 Å². The molecule has 1 aliphatic rings. The Morgan fingerprint density at radius 3 is 2.27 bits per heavy atom. The van der Waals surface area contributed by atoms with E-state index in [1.165, 1.54) is 6.92 Å². The van der Waals surface area contributed by atoms with Gasteiger partial charge in [-0.2, -0.15) is 0 Å². The van der Waals surface area contributed by atoms with Crippen molar-refractivity contribution in [1.82, 2.24) is 10.6 Å². The summed E-state index contributed by atoms with van der Waals surface area (Å²) in [5, 5.41) is 5.92. The van der Waals surface area contributed by atoms with Crippen LogP contribution in [0.15, 0.2) is 48.5 Å². The van der Waals surface area contributed by atoms with Crippen molar-refractivity contribution in [3.8, 4) is 5.75 Å². The highest BCUT2D eigenvalue weighted by Crippen LogP contribution is 2.41. The number of hydrogen-bond acceptors (Lipinski definition) is 3. The van der Waals surface area contributed by atoms with Crippen LogP contribution in [-0.4, -0.2) is 18.9 Å². The molecule has 1 fully saturated rings. The van der Waals surface area contributed by atoms with Gasteiger partial charge < -0.3 is 15.4 Å². The highest BCUT2D eigenvalue weighted by atomic mass is 16.5. The fourth-order valence-electron chi connectivity index (χ4n) is 2.94. The molecule has 5 nitrogen and oxygen atoms in total. The van der Waals surface area contributed by atoms with Crippen LogP contribution in [0, 0.1) is 5.92 Å². The van der Waals surface area contributed by atoms with E-state index >= 15 is 0 Å². The molecule has 0 bridgehead atoms. The Kier molecular flexibility index (Phi) is 5.56. The number of carbonyl (C=O) groups is 2. The molecule has 0 aromatic heterocycles. The van der Waals surface area contributed by atoms with Crippen LogP contribution in [0.1, 0.15) is 47.3 Å². The van der Waals surface area contributed by atoms with Gasteiger partial charge in [-0.05, 0) is 54.2 Å². The third-order valence-corrected chi connectivity index (χ3v) is 4.61. The van der Waals surface area contributed by atoms with Gasteiger partial charge in [0.1, 0.15) is 5.75 Å². The number of methoxy groups -OCH3 is 1. The summed E-state index contributed by atoms with van der Waals surface area (Å²) < 4.78 is 5.21. The minimum atomic E-state index is -0.0798. The maximum Gasteiger partial charge on any atom is 0.251 e. The lowest BCUT2D eigenvalue weighted by atomic mass is 10.0. The summed E-state index contributed by atoms with van der Waals surface area (Å²) in [7, 11) is 1.64. The van der Waals surface area contributed by atoms with E-state index in [2.05, 4.69) is 10.6 Å². The maximum atomic E-state index is 12.7. The van der Waals surface area contributed by atoms with Crippen molar-refractivity contribution < 1.29 is 14.3 Å². The Bertz CT molecular complexity index is 765. The Balaban J connectivity index is 1.67. The molecule has 1 saturated carbocycles. The van der Waals surface area contributed by atoms with E-state index in [0.717, 1.165) is 29.7 Å². The Labute approximate surface area is 153 Å². The first-order valence-corrected chi connectivity index (χ1v) is 8.85. The molecule has 0 spiro atoms. The normalized spacial score (nSPS) is 14.4. The zero-order valence-corrected chi connectivity index (χ0v) is 15.1. The average molecular weight is 352 g/mol. The monoisotopic (exact) mass is 352 g/mol. The van der Waals surface area contributed by atoms with Crippen molar-refractivity contribution in [2.45, 2.75) is 32.4 Å². The number of carbonyl (C=O) groups excluding carboxylic acids is 2. The van der Waals surface area contributed by atoms with Crippen molar-refractivity contribution in [2.24, 2.45) is 5.92 Å². The fourth-order valence-corrected chi connectivity index (χ4v) is 2.94. The quantitative estimate of drug-likeness (QED) is 0.804. The molecule has 1 unspecified atom stereocenters. The smallest absolute Gasteiger partial charge is 0.251 e. The van der Waals surface area contributed by atoms with Crippen molar-refractivity contribution in [3.63, 3.8) is 0 Å². The highest BCUT2D eigenvalue weighted by Gasteiger charge is 2.33. The summed E-state index contributed by atoms with van der Waals surface area (Å²) >= 11 is 0. The number of nitrogens with one attached hydrogen (secondary N) is 2. The Morgan fingerprint density at radius 2 is 1.73 bits per heavy atom. The van der Waals surface area contributed by atoms with Crippen LogP contribution in [0.2, 0.25) is 0 Å². The minimum absolute atomic E-state index is 0.0208. The number of hydrogen-bond donors (Lipinski definition) is 2. The molecule has 5 heteroatoms. The average Bonchev–Trinajstić information content (AvgIpc) is 3.50. The number of benzene rings is 2. The summed E-state index contributed by atoms with van der Waals surface area (Å²) in [6.07, 6.45) is 2.26. The van der Waals surface area contributed by atoms with Crippen LogP contribution < -0.4 is 15.4 Å². The predicted octanol–water partition coefficient (Wildman–Crippen LogP) is 3.21. The second kappa shape index (κ2) is 8.04. The van der Waals surface area contributed by atoms with Gasteiger partial charge in [-0.15, -0.1) is 0 Å². The van der Waals surface area contributed by atoms with Crippen molar-refractivity contribution >= 4 is 11.8 Å². The number of rotatable bonds is 7. The lowest BCUT2D eigenvalue weighted by Gasteiger charge is -2.19. The van der Waals surface area contributed by atoms with Gasteiger partial charge >= 0.3 is 0 Å². The highest BCUT2D eigenvalue weighted by molar-refractivity contribution is 5.94. The van der Waals surface area contributed by atoms with E-state index in [1.807, 2.05) is 36.4 Å². The molecular weight excluding hydrogens is 328 g/mol. The summed E-state index contributed by atoms with van der Waals surface area (Å²) in [5.74, 6) is 1.15. The van der Waals surface area contributed by atoms with Crippen LogP contribution in [0.3, 0.4) is 0 Å². The first-order valence-electron chi connectivity index (χ1n) is 8.85. The lowest BCUT2D eigenvalue weighted by Crippen LogP contribution is -2.29. The molecule has 2 aromatic carbocycles. The molecule has 2 aromatic rings. The summed E-state index contributed by atoms with van der Waals surface area (Å²) in [6, 6.07) is 15.2. The molecule has 1 aliphatic carbocycles. The van der Waals surface area contributed by atoms with E-state index < -0.39 is 0 Å². The zero-order valence-electron chi connectivity index (χ0n) is 15.1. The molecule has 136 valence electrons. The van der Waals surface area contributed by atoms with Crippen molar-refractivity contribution in [1.29, 1.82) is 0 Å². The third-order valence-electron chi connectivity index (χ3n) is 4.61. The first-order chi connectivity index (χ1) is 12.6. The molecule has 0 radical (unpaired) electrons. The van der Waals surface area contributed by atoms with Crippen LogP contribution in [-0.2, 0) is 11.3 Å².